The molecule has 1 atom stereocenters. The van der Waals surface area contributed by atoms with Crippen LogP contribution in [0, 0.1) is 5.82 Å². The average molecular weight is 338 g/mol. The lowest BCUT2D eigenvalue weighted by atomic mass is 9.97. The summed E-state index contributed by atoms with van der Waals surface area (Å²) in [6.45, 7) is 0. The predicted molar refractivity (Wildman–Crippen MR) is 73.9 cm³/mol. The maximum Gasteiger partial charge on any atom is 0.416 e. The van der Waals surface area contributed by atoms with E-state index >= 15 is 0 Å². The van der Waals surface area contributed by atoms with Gasteiger partial charge in [0.1, 0.15) is 5.82 Å². The van der Waals surface area contributed by atoms with E-state index in [0.29, 0.717) is 12.1 Å². The third kappa shape index (κ3) is 3.31. The molecule has 2 N–H and O–H groups in total. The summed E-state index contributed by atoms with van der Waals surface area (Å²) in [7, 11) is 0. The first-order valence-corrected chi connectivity index (χ1v) is 6.53. The van der Waals surface area contributed by atoms with E-state index in [1.165, 1.54) is 18.2 Å². The summed E-state index contributed by atoms with van der Waals surface area (Å²) in [5, 5.41) is 0.278. The highest BCUT2D eigenvalue weighted by Crippen LogP contribution is 2.36. The summed E-state index contributed by atoms with van der Waals surface area (Å²) in [5.74, 6) is -0.841. The monoisotopic (exact) mass is 337 g/mol. The molecule has 0 aliphatic heterocycles. The maximum atomic E-state index is 13.8. The molecule has 2 rings (SSSR count). The fourth-order valence-electron chi connectivity index (χ4n) is 1.89. The van der Waals surface area contributed by atoms with E-state index in [1.54, 1.807) is 0 Å². The molecule has 0 bridgehead atoms. The molecule has 0 aliphatic rings. The molecular formula is C14H9Cl2F4N. The highest BCUT2D eigenvalue weighted by atomic mass is 35.5. The van der Waals surface area contributed by atoms with E-state index in [1.807, 2.05) is 0 Å². The molecule has 2 aromatic carbocycles. The van der Waals surface area contributed by atoms with E-state index in [9.17, 15) is 17.6 Å². The molecule has 0 amide bonds. The lowest BCUT2D eigenvalue weighted by molar-refractivity contribution is -0.137. The van der Waals surface area contributed by atoms with Gasteiger partial charge in [0.2, 0.25) is 0 Å². The van der Waals surface area contributed by atoms with E-state index in [4.69, 9.17) is 28.9 Å². The fraction of sp³-hybridized carbons (Fsp3) is 0.143. The van der Waals surface area contributed by atoms with Crippen molar-refractivity contribution in [1.29, 1.82) is 0 Å². The number of nitrogens with two attached hydrogens (primary N) is 1. The van der Waals surface area contributed by atoms with Crippen LogP contribution in [0.3, 0.4) is 0 Å². The Morgan fingerprint density at radius 3 is 2.29 bits per heavy atom. The van der Waals surface area contributed by atoms with Crippen molar-refractivity contribution in [3.05, 3.63) is 69.0 Å². The zero-order valence-electron chi connectivity index (χ0n) is 10.4. The lowest BCUT2D eigenvalue weighted by Gasteiger charge is -2.17. The Labute approximate surface area is 128 Å². The second-order valence-electron chi connectivity index (χ2n) is 4.35. The second kappa shape index (κ2) is 5.83. The number of alkyl halides is 3. The van der Waals surface area contributed by atoms with Crippen LogP contribution in [-0.4, -0.2) is 0 Å². The molecule has 112 valence electrons. The molecule has 0 saturated carbocycles. The van der Waals surface area contributed by atoms with Crippen LogP contribution in [0.25, 0.3) is 0 Å². The average Bonchev–Trinajstić information content (AvgIpc) is 2.40. The van der Waals surface area contributed by atoms with Crippen molar-refractivity contribution >= 4 is 23.2 Å². The molecule has 1 nitrogen and oxygen atoms in total. The molecule has 0 aliphatic carbocycles. The van der Waals surface area contributed by atoms with Crippen LogP contribution in [0.15, 0.2) is 36.4 Å². The van der Waals surface area contributed by atoms with Crippen LogP contribution in [0.4, 0.5) is 17.6 Å². The van der Waals surface area contributed by atoms with Gasteiger partial charge in [0.05, 0.1) is 21.7 Å². The normalized spacial score (nSPS) is 13.3. The van der Waals surface area contributed by atoms with Gasteiger partial charge in [0.15, 0.2) is 0 Å². The Hall–Kier alpha value is -1.30. The van der Waals surface area contributed by atoms with Gasteiger partial charge < -0.3 is 5.73 Å². The van der Waals surface area contributed by atoms with E-state index in [2.05, 4.69) is 0 Å². The smallest absolute Gasteiger partial charge is 0.320 e. The van der Waals surface area contributed by atoms with Crippen LogP contribution in [0.5, 0.6) is 0 Å². The van der Waals surface area contributed by atoms with Gasteiger partial charge >= 0.3 is 6.18 Å². The van der Waals surface area contributed by atoms with E-state index < -0.39 is 23.6 Å². The van der Waals surface area contributed by atoms with Crippen molar-refractivity contribution in [3.8, 4) is 0 Å². The number of hydrogen-bond donors (Lipinski definition) is 1. The minimum atomic E-state index is -4.58. The molecule has 21 heavy (non-hydrogen) atoms. The van der Waals surface area contributed by atoms with Crippen molar-refractivity contribution in [3.63, 3.8) is 0 Å². The fourth-order valence-corrected chi connectivity index (χ4v) is 2.31. The Balaban J connectivity index is 2.53. The Morgan fingerprint density at radius 2 is 1.67 bits per heavy atom. The second-order valence-corrected chi connectivity index (χ2v) is 5.14. The Bertz CT molecular complexity index is 671. The SMILES string of the molecule is NC(c1cc(C(F)(F)F)ccc1F)c1cccc(Cl)c1Cl. The molecule has 0 aromatic heterocycles. The molecule has 1 unspecified atom stereocenters. The summed E-state index contributed by atoms with van der Waals surface area (Å²) in [6, 6.07) is 5.44. The highest BCUT2D eigenvalue weighted by molar-refractivity contribution is 6.42. The molecule has 0 radical (unpaired) electrons. The van der Waals surface area contributed by atoms with Crippen molar-refractivity contribution in [2.24, 2.45) is 5.73 Å². The quantitative estimate of drug-likeness (QED) is 0.749. The number of hydrogen-bond acceptors (Lipinski definition) is 1. The Kier molecular flexibility index (Phi) is 4.46. The standard InChI is InChI=1S/C14H9Cl2F4N/c15-10-3-1-2-8(12(10)16)13(21)9-6-7(14(18,19)20)4-5-11(9)17/h1-6,13H,21H2. The van der Waals surface area contributed by atoms with Crippen LogP contribution < -0.4 is 5.73 Å². The number of halogens is 6. The summed E-state index contributed by atoms with van der Waals surface area (Å²) >= 11 is 11.8. The van der Waals surface area contributed by atoms with Crippen LogP contribution in [0.2, 0.25) is 10.0 Å². The molecule has 0 saturated heterocycles. The van der Waals surface area contributed by atoms with Crippen molar-refractivity contribution < 1.29 is 17.6 Å². The lowest BCUT2D eigenvalue weighted by Crippen LogP contribution is -2.16. The molecule has 2 aromatic rings. The third-order valence-corrected chi connectivity index (χ3v) is 3.81. The number of benzene rings is 2. The first-order valence-electron chi connectivity index (χ1n) is 5.78. The van der Waals surface area contributed by atoms with Gasteiger partial charge in [0.25, 0.3) is 0 Å². The van der Waals surface area contributed by atoms with Gasteiger partial charge in [-0.15, -0.1) is 0 Å². The molecule has 0 spiro atoms. The molecule has 7 heteroatoms. The van der Waals surface area contributed by atoms with Crippen molar-refractivity contribution in [2.75, 3.05) is 0 Å². The first kappa shape index (κ1) is 16.1. The summed E-state index contributed by atoms with van der Waals surface area (Å²) in [5.41, 5.74) is 4.82. The van der Waals surface area contributed by atoms with Crippen LogP contribution in [0.1, 0.15) is 22.7 Å². The van der Waals surface area contributed by atoms with Crippen LogP contribution >= 0.6 is 23.2 Å². The van der Waals surface area contributed by atoms with E-state index in [-0.39, 0.29) is 21.2 Å². The van der Waals surface area contributed by atoms with Gasteiger partial charge in [-0.2, -0.15) is 13.2 Å². The minimum absolute atomic E-state index is 0.0866. The van der Waals surface area contributed by atoms with Gasteiger partial charge in [-0.25, -0.2) is 4.39 Å². The highest BCUT2D eigenvalue weighted by Gasteiger charge is 2.32. The zero-order chi connectivity index (χ0) is 15.8. The van der Waals surface area contributed by atoms with Crippen LogP contribution in [-0.2, 0) is 6.18 Å². The van der Waals surface area contributed by atoms with Crippen molar-refractivity contribution in [1.82, 2.24) is 0 Å². The zero-order valence-corrected chi connectivity index (χ0v) is 11.9. The Morgan fingerprint density at radius 1 is 1.00 bits per heavy atom. The van der Waals surface area contributed by atoms with Gasteiger partial charge in [-0.3, -0.25) is 0 Å². The van der Waals surface area contributed by atoms with Gasteiger partial charge in [-0.1, -0.05) is 35.3 Å². The van der Waals surface area contributed by atoms with Crippen molar-refractivity contribution in [2.45, 2.75) is 12.2 Å². The molecule has 0 heterocycles. The van der Waals surface area contributed by atoms with Gasteiger partial charge in [0, 0.05) is 5.56 Å². The summed E-state index contributed by atoms with van der Waals surface area (Å²) in [6.07, 6.45) is -4.58. The van der Waals surface area contributed by atoms with E-state index in [0.717, 1.165) is 6.07 Å². The maximum absolute atomic E-state index is 13.8. The minimum Gasteiger partial charge on any atom is -0.320 e. The summed E-state index contributed by atoms with van der Waals surface area (Å²) < 4.78 is 51.9. The first-order chi connectivity index (χ1) is 9.71. The third-order valence-electron chi connectivity index (χ3n) is 2.97. The molecule has 0 fully saturated rings. The van der Waals surface area contributed by atoms with Gasteiger partial charge in [-0.05, 0) is 29.8 Å². The largest absolute Gasteiger partial charge is 0.416 e. The summed E-state index contributed by atoms with van der Waals surface area (Å²) in [4.78, 5) is 0. The topological polar surface area (TPSA) is 26.0 Å². The predicted octanol–water partition coefficient (Wildman–Crippen LogP) is 5.20. The number of rotatable bonds is 2. The molecular weight excluding hydrogens is 329 g/mol.